The van der Waals surface area contributed by atoms with Crippen molar-refractivity contribution in [2.45, 2.75) is 152 Å². The highest BCUT2D eigenvalue weighted by Crippen LogP contribution is 2.54. The second-order valence-corrected chi connectivity index (χ2v) is 13.6. The van der Waals surface area contributed by atoms with Crippen molar-refractivity contribution in [2.24, 2.45) is 29.4 Å². The highest BCUT2D eigenvalue weighted by molar-refractivity contribution is 5.24. The van der Waals surface area contributed by atoms with E-state index in [2.05, 4.69) is 9.80 Å². The van der Waals surface area contributed by atoms with E-state index in [0.717, 1.165) is 36.4 Å². The summed E-state index contributed by atoms with van der Waals surface area (Å²) in [6.07, 6.45) is 27.5. The first kappa shape index (κ1) is 23.4. The lowest BCUT2D eigenvalue weighted by Crippen LogP contribution is -2.50. The molecule has 8 atom stereocenters. The number of hydrogen-bond acceptors (Lipinski definition) is 4. The highest BCUT2D eigenvalue weighted by atomic mass is 16.5. The fourth-order valence-electron chi connectivity index (χ4n) is 10.2. The quantitative estimate of drug-likeness (QED) is 0.496. The molecule has 5 fully saturated rings. The van der Waals surface area contributed by atoms with Crippen LogP contribution in [0.3, 0.4) is 0 Å². The molecule has 0 amide bonds. The second kappa shape index (κ2) is 9.86. The largest absolute Gasteiger partial charge is 0.374 e. The van der Waals surface area contributed by atoms with Crippen LogP contribution >= 0.6 is 0 Å². The van der Waals surface area contributed by atoms with Gasteiger partial charge in [0.15, 0.2) is 0 Å². The Morgan fingerprint density at radius 1 is 0.629 bits per heavy atom. The second-order valence-electron chi connectivity index (χ2n) is 13.6. The molecular weight excluding hydrogens is 430 g/mol. The monoisotopic (exact) mass is 481 g/mol. The van der Waals surface area contributed by atoms with Gasteiger partial charge in [0.1, 0.15) is 0 Å². The molecule has 0 spiro atoms. The van der Waals surface area contributed by atoms with Crippen molar-refractivity contribution >= 4 is 0 Å². The van der Waals surface area contributed by atoms with Gasteiger partial charge in [-0.1, -0.05) is 51.4 Å². The molecule has 7 aliphatic rings. The average Bonchev–Trinajstić information content (AvgIpc) is 3.48. The molecule has 0 bridgehead atoms. The van der Waals surface area contributed by atoms with Crippen molar-refractivity contribution in [2.75, 3.05) is 6.67 Å². The summed E-state index contributed by atoms with van der Waals surface area (Å²) in [5, 5.41) is 0. The molecule has 4 nitrogen and oxygen atoms in total. The molecule has 196 valence electrons. The van der Waals surface area contributed by atoms with Gasteiger partial charge in [0, 0.05) is 29.5 Å². The number of fused-ring (bicyclic) bond motifs is 3. The molecule has 8 unspecified atom stereocenters. The fraction of sp³-hybridized carbons (Fsp3) is 0.935. The molecule has 0 aromatic rings. The Bertz CT molecular complexity index is 790. The van der Waals surface area contributed by atoms with Crippen LogP contribution < -0.4 is 5.73 Å². The molecule has 2 aliphatic heterocycles. The van der Waals surface area contributed by atoms with Gasteiger partial charge in [0.05, 0.1) is 18.9 Å². The molecule has 1 saturated heterocycles. The van der Waals surface area contributed by atoms with Crippen LogP contribution in [0.4, 0.5) is 0 Å². The number of hydrogen-bond donors (Lipinski definition) is 1. The molecule has 2 N–H and O–H groups in total. The molecule has 7 rings (SSSR count). The Labute approximate surface area is 214 Å². The molecular formula is C31H51N3O. The van der Waals surface area contributed by atoms with Crippen LogP contribution in [0, 0.1) is 23.7 Å². The average molecular weight is 482 g/mol. The molecule has 35 heavy (non-hydrogen) atoms. The van der Waals surface area contributed by atoms with Crippen molar-refractivity contribution in [1.82, 2.24) is 9.80 Å². The smallest absolute Gasteiger partial charge is 0.0904 e. The summed E-state index contributed by atoms with van der Waals surface area (Å²) in [6.45, 7) is 1.15. The number of ether oxygens (including phenoxy) is 1. The third-order valence-electron chi connectivity index (χ3n) is 11.9. The predicted molar refractivity (Wildman–Crippen MR) is 141 cm³/mol. The van der Waals surface area contributed by atoms with Crippen LogP contribution in [0.1, 0.15) is 122 Å². The van der Waals surface area contributed by atoms with E-state index in [1.54, 1.807) is 11.4 Å². The van der Waals surface area contributed by atoms with Gasteiger partial charge in [-0.25, -0.2) is 0 Å². The summed E-state index contributed by atoms with van der Waals surface area (Å²) >= 11 is 0. The van der Waals surface area contributed by atoms with Gasteiger partial charge in [0.2, 0.25) is 0 Å². The van der Waals surface area contributed by atoms with Gasteiger partial charge >= 0.3 is 0 Å². The first-order valence-electron chi connectivity index (χ1n) is 15.9. The Hall–Kier alpha value is -0.740. The van der Waals surface area contributed by atoms with Gasteiger partial charge in [-0.3, -0.25) is 0 Å². The molecule has 5 aliphatic carbocycles. The van der Waals surface area contributed by atoms with Crippen molar-refractivity contribution in [3.63, 3.8) is 0 Å². The van der Waals surface area contributed by atoms with E-state index in [9.17, 15) is 0 Å². The first-order chi connectivity index (χ1) is 17.3. The Morgan fingerprint density at radius 3 is 2.26 bits per heavy atom. The van der Waals surface area contributed by atoms with Crippen LogP contribution in [0.2, 0.25) is 0 Å². The van der Waals surface area contributed by atoms with Crippen molar-refractivity contribution in [1.29, 1.82) is 0 Å². The molecule has 0 radical (unpaired) electrons. The maximum absolute atomic E-state index is 6.96. The lowest BCUT2D eigenvalue weighted by molar-refractivity contribution is -0.0444. The number of nitrogens with two attached hydrogens (primary N) is 1. The number of nitrogens with zero attached hydrogens (tertiary/aromatic N) is 2. The summed E-state index contributed by atoms with van der Waals surface area (Å²) in [7, 11) is 0. The Kier molecular flexibility index (Phi) is 6.58. The Morgan fingerprint density at radius 2 is 1.37 bits per heavy atom. The first-order valence-corrected chi connectivity index (χ1v) is 15.9. The van der Waals surface area contributed by atoms with Gasteiger partial charge < -0.3 is 20.3 Å². The summed E-state index contributed by atoms with van der Waals surface area (Å²) < 4.78 is 6.96. The minimum atomic E-state index is 0.365. The third-order valence-corrected chi connectivity index (χ3v) is 11.9. The van der Waals surface area contributed by atoms with E-state index in [4.69, 9.17) is 10.5 Å². The van der Waals surface area contributed by atoms with E-state index in [1.165, 1.54) is 122 Å². The summed E-state index contributed by atoms with van der Waals surface area (Å²) in [5.74, 6) is 3.40. The SMILES string of the molecule is NC1CCCCC1N1CN(C2CCCCC2)C2=C1CC(C1CCCC3C4CCCCC4OC13)CC2. The van der Waals surface area contributed by atoms with Crippen molar-refractivity contribution in [3.8, 4) is 0 Å². The molecule has 2 heterocycles. The minimum Gasteiger partial charge on any atom is -0.374 e. The number of rotatable bonds is 3. The third kappa shape index (κ3) is 4.17. The highest BCUT2D eigenvalue weighted by Gasteiger charge is 2.52. The van der Waals surface area contributed by atoms with Gasteiger partial charge in [-0.15, -0.1) is 0 Å². The van der Waals surface area contributed by atoms with Crippen LogP contribution in [-0.2, 0) is 4.74 Å². The topological polar surface area (TPSA) is 41.7 Å². The molecule has 0 aromatic heterocycles. The summed E-state index contributed by atoms with van der Waals surface area (Å²) in [4.78, 5) is 5.77. The molecule has 4 saturated carbocycles. The van der Waals surface area contributed by atoms with Gasteiger partial charge in [-0.2, -0.15) is 0 Å². The lowest BCUT2D eigenvalue weighted by atomic mass is 9.65. The summed E-state index contributed by atoms with van der Waals surface area (Å²) in [6, 6.07) is 1.73. The summed E-state index contributed by atoms with van der Waals surface area (Å²) in [5.41, 5.74) is 10.3. The zero-order valence-corrected chi connectivity index (χ0v) is 22.2. The van der Waals surface area contributed by atoms with Crippen LogP contribution in [0.5, 0.6) is 0 Å². The van der Waals surface area contributed by atoms with E-state index in [0.29, 0.717) is 24.3 Å². The van der Waals surface area contributed by atoms with E-state index < -0.39 is 0 Å². The zero-order valence-electron chi connectivity index (χ0n) is 22.2. The van der Waals surface area contributed by atoms with Crippen LogP contribution in [-0.4, -0.2) is 46.8 Å². The fourth-order valence-corrected chi connectivity index (χ4v) is 10.2. The zero-order chi connectivity index (χ0) is 23.4. The maximum Gasteiger partial charge on any atom is 0.0904 e. The lowest BCUT2D eigenvalue weighted by Gasteiger charge is -2.43. The van der Waals surface area contributed by atoms with Crippen LogP contribution in [0.25, 0.3) is 0 Å². The van der Waals surface area contributed by atoms with Crippen molar-refractivity contribution in [3.05, 3.63) is 11.4 Å². The number of allylic oxidation sites excluding steroid dienone is 2. The maximum atomic E-state index is 6.96. The standard InChI is InChI=1S/C31H51N3O/c32-26-14-5-6-15-27(26)34-20-33(22-9-2-1-3-10-22)28-18-17-21(19-29(28)34)23-12-8-13-25-24-11-4-7-16-30(24)35-31(23)25/h21-27,30-31H,1-20,32H2. The van der Waals surface area contributed by atoms with E-state index >= 15 is 0 Å². The molecule has 0 aromatic carbocycles. The van der Waals surface area contributed by atoms with E-state index in [-0.39, 0.29) is 0 Å². The van der Waals surface area contributed by atoms with Crippen LogP contribution in [0.15, 0.2) is 11.4 Å². The normalized spacial score (nSPS) is 44.8. The Balaban J connectivity index is 1.14. The van der Waals surface area contributed by atoms with E-state index in [1.807, 2.05) is 0 Å². The predicted octanol–water partition coefficient (Wildman–Crippen LogP) is 6.55. The van der Waals surface area contributed by atoms with Gasteiger partial charge in [0.25, 0.3) is 0 Å². The van der Waals surface area contributed by atoms with Gasteiger partial charge in [-0.05, 0) is 94.3 Å². The molecule has 4 heteroatoms. The minimum absolute atomic E-state index is 0.365. The van der Waals surface area contributed by atoms with Crippen molar-refractivity contribution < 1.29 is 4.74 Å².